The van der Waals surface area contributed by atoms with E-state index in [2.05, 4.69) is 0 Å². The second-order valence-electron chi connectivity index (χ2n) is 4.24. The molecule has 4 heteroatoms. The van der Waals surface area contributed by atoms with Gasteiger partial charge in [-0.3, -0.25) is 4.79 Å². The number of fused-ring (bicyclic) bond motifs is 1. The van der Waals surface area contributed by atoms with Crippen molar-refractivity contribution in [3.8, 4) is 0 Å². The summed E-state index contributed by atoms with van der Waals surface area (Å²) in [6.45, 7) is 2.48. The molecule has 0 aromatic rings. The van der Waals surface area contributed by atoms with Gasteiger partial charge < -0.3 is 9.84 Å². The first kappa shape index (κ1) is 8.11. The quantitative estimate of drug-likeness (QED) is 0.386. The summed E-state index contributed by atoms with van der Waals surface area (Å²) >= 11 is 0. The first-order valence-corrected chi connectivity index (χ1v) is 4.42. The third-order valence-electron chi connectivity index (χ3n) is 3.51. The number of esters is 1. The van der Waals surface area contributed by atoms with Crippen LogP contribution in [0.4, 0.5) is 0 Å². The number of aliphatic hydroxyl groups excluding tert-OH is 1. The summed E-state index contributed by atoms with van der Waals surface area (Å²) < 4.78 is 4.94. The zero-order valence-electron chi connectivity index (χ0n) is 7.41. The van der Waals surface area contributed by atoms with Crippen molar-refractivity contribution in [2.24, 2.45) is 11.8 Å². The van der Waals surface area contributed by atoms with Crippen LogP contribution in [0, 0.1) is 11.8 Å². The minimum absolute atomic E-state index is 0.218. The van der Waals surface area contributed by atoms with Gasteiger partial charge in [0.1, 0.15) is 7.85 Å². The van der Waals surface area contributed by atoms with E-state index < -0.39 is 11.4 Å². The zero-order valence-corrected chi connectivity index (χ0v) is 7.41. The zero-order chi connectivity index (χ0) is 8.93. The lowest BCUT2D eigenvalue weighted by Gasteiger charge is -2.23. The normalized spacial score (nSPS) is 52.2. The minimum Gasteiger partial charge on any atom is -0.465 e. The fourth-order valence-corrected chi connectivity index (χ4v) is 2.52. The predicted molar refractivity (Wildman–Crippen MR) is 45.5 cm³/mol. The molecule has 1 aliphatic heterocycles. The summed E-state index contributed by atoms with van der Waals surface area (Å²) in [7, 11) is 1.82. The van der Waals surface area contributed by atoms with Crippen LogP contribution in [-0.4, -0.2) is 31.6 Å². The second-order valence-corrected chi connectivity index (χ2v) is 4.24. The Morgan fingerprint density at radius 2 is 2.42 bits per heavy atom. The first-order valence-electron chi connectivity index (χ1n) is 4.42. The van der Waals surface area contributed by atoms with E-state index in [-0.39, 0.29) is 17.8 Å². The molecular weight excluding hydrogens is 155 g/mol. The van der Waals surface area contributed by atoms with Crippen molar-refractivity contribution in [3.63, 3.8) is 0 Å². The highest BCUT2D eigenvalue weighted by atomic mass is 16.5. The number of hydrogen-bond donors (Lipinski definition) is 1. The number of carbonyl (C=O) groups excluding carboxylic acids is 1. The van der Waals surface area contributed by atoms with Crippen LogP contribution in [0.3, 0.4) is 0 Å². The molecule has 2 aliphatic rings. The fourth-order valence-electron chi connectivity index (χ4n) is 2.52. The SMILES string of the molecule is BC12C(=O)OC[C@@H]1C[C@H](C)[C@@H]2O. The van der Waals surface area contributed by atoms with Crippen molar-refractivity contribution in [1.29, 1.82) is 0 Å². The second kappa shape index (κ2) is 2.25. The van der Waals surface area contributed by atoms with Crippen molar-refractivity contribution in [2.45, 2.75) is 24.8 Å². The van der Waals surface area contributed by atoms with Gasteiger partial charge in [0.2, 0.25) is 0 Å². The lowest BCUT2D eigenvalue weighted by Crippen LogP contribution is -2.34. The predicted octanol–water partition coefficient (Wildman–Crippen LogP) is -0.648. The molecular formula is C8H13BO3. The molecule has 3 nitrogen and oxygen atoms in total. The van der Waals surface area contributed by atoms with Crippen LogP contribution in [-0.2, 0) is 9.53 Å². The van der Waals surface area contributed by atoms with Gasteiger partial charge >= 0.3 is 5.97 Å². The van der Waals surface area contributed by atoms with Gasteiger partial charge in [0.25, 0.3) is 0 Å². The molecule has 1 aliphatic carbocycles. The fraction of sp³-hybridized carbons (Fsp3) is 0.875. The van der Waals surface area contributed by atoms with Crippen LogP contribution in [0.5, 0.6) is 0 Å². The van der Waals surface area contributed by atoms with E-state index in [0.717, 1.165) is 6.42 Å². The highest BCUT2D eigenvalue weighted by Gasteiger charge is 2.59. The third kappa shape index (κ3) is 0.737. The van der Waals surface area contributed by atoms with Gasteiger partial charge in [-0.15, -0.1) is 0 Å². The molecule has 66 valence electrons. The molecule has 1 saturated heterocycles. The largest absolute Gasteiger partial charge is 0.465 e. The Labute approximate surface area is 72.5 Å². The van der Waals surface area contributed by atoms with Crippen molar-refractivity contribution in [3.05, 3.63) is 0 Å². The van der Waals surface area contributed by atoms with Crippen molar-refractivity contribution in [1.82, 2.24) is 0 Å². The summed E-state index contributed by atoms with van der Waals surface area (Å²) in [5.41, 5.74) is 0. The summed E-state index contributed by atoms with van der Waals surface area (Å²) in [6.07, 6.45) is 0.390. The average molecular weight is 168 g/mol. The van der Waals surface area contributed by atoms with Crippen LogP contribution in [0.25, 0.3) is 0 Å². The molecule has 1 saturated carbocycles. The Morgan fingerprint density at radius 3 is 3.00 bits per heavy atom. The van der Waals surface area contributed by atoms with Crippen molar-refractivity contribution >= 4 is 13.8 Å². The molecule has 0 aromatic heterocycles. The van der Waals surface area contributed by atoms with E-state index in [0.29, 0.717) is 6.61 Å². The van der Waals surface area contributed by atoms with Gasteiger partial charge in [0.15, 0.2) is 0 Å². The lowest BCUT2D eigenvalue weighted by molar-refractivity contribution is -0.143. The number of ether oxygens (including phenoxy) is 1. The Kier molecular flexibility index (Phi) is 1.52. The first-order chi connectivity index (χ1) is 5.56. The molecule has 4 atom stereocenters. The van der Waals surface area contributed by atoms with E-state index in [4.69, 9.17) is 4.74 Å². The topological polar surface area (TPSA) is 46.5 Å². The van der Waals surface area contributed by atoms with Gasteiger partial charge in [-0.25, -0.2) is 0 Å². The molecule has 1 heterocycles. The molecule has 0 spiro atoms. The molecule has 0 bridgehead atoms. The molecule has 2 rings (SSSR count). The number of rotatable bonds is 0. The van der Waals surface area contributed by atoms with Crippen molar-refractivity contribution < 1.29 is 14.6 Å². The molecule has 0 aromatic carbocycles. The van der Waals surface area contributed by atoms with Gasteiger partial charge in [0, 0.05) is 5.92 Å². The number of aliphatic hydroxyl groups is 1. The maximum atomic E-state index is 11.4. The minimum atomic E-state index is -0.612. The number of hydrogen-bond acceptors (Lipinski definition) is 3. The van der Waals surface area contributed by atoms with E-state index in [1.807, 2.05) is 14.8 Å². The highest BCUT2D eigenvalue weighted by Crippen LogP contribution is 2.54. The number of carbonyl (C=O) groups is 1. The van der Waals surface area contributed by atoms with Crippen LogP contribution in [0.2, 0.25) is 5.31 Å². The monoisotopic (exact) mass is 168 g/mol. The lowest BCUT2D eigenvalue weighted by atomic mass is 9.62. The molecule has 0 amide bonds. The third-order valence-corrected chi connectivity index (χ3v) is 3.51. The summed E-state index contributed by atoms with van der Waals surface area (Å²) in [4.78, 5) is 11.4. The van der Waals surface area contributed by atoms with Crippen molar-refractivity contribution in [2.75, 3.05) is 6.61 Å². The molecule has 1 unspecified atom stereocenters. The Bertz CT molecular complexity index is 226. The Hall–Kier alpha value is -0.505. The molecule has 2 fully saturated rings. The molecule has 12 heavy (non-hydrogen) atoms. The maximum Gasteiger partial charge on any atom is 0.306 e. The van der Waals surface area contributed by atoms with E-state index >= 15 is 0 Å². The van der Waals surface area contributed by atoms with Gasteiger partial charge in [-0.1, -0.05) is 6.92 Å². The van der Waals surface area contributed by atoms with Gasteiger partial charge in [0.05, 0.1) is 18.0 Å². The highest BCUT2D eigenvalue weighted by molar-refractivity contribution is 6.28. The maximum absolute atomic E-state index is 11.4. The number of cyclic esters (lactones) is 1. The summed E-state index contributed by atoms with van der Waals surface area (Å²) in [5.74, 6) is 0.243. The van der Waals surface area contributed by atoms with E-state index in [1.165, 1.54) is 0 Å². The van der Waals surface area contributed by atoms with E-state index in [1.54, 1.807) is 0 Å². The molecule has 0 radical (unpaired) electrons. The summed E-state index contributed by atoms with van der Waals surface area (Å²) in [6, 6.07) is 0. The smallest absolute Gasteiger partial charge is 0.306 e. The van der Waals surface area contributed by atoms with Crippen LogP contribution in [0.15, 0.2) is 0 Å². The van der Waals surface area contributed by atoms with Crippen LogP contribution >= 0.6 is 0 Å². The summed E-state index contributed by atoms with van der Waals surface area (Å²) in [5, 5.41) is 9.19. The standard InChI is InChI=1S/C8H13BO3/c1-4-2-5-3-12-7(11)8(5,9)6(4)10/h4-6,10H,2-3,9H2,1H3/t4-,5-,6-,8?/m0/s1. The van der Waals surface area contributed by atoms with E-state index in [9.17, 15) is 9.90 Å². The average Bonchev–Trinajstić information content (AvgIpc) is 2.41. The molecule has 1 N–H and O–H groups in total. The van der Waals surface area contributed by atoms with Gasteiger partial charge in [-0.2, -0.15) is 0 Å². The Morgan fingerprint density at radius 1 is 1.75 bits per heavy atom. The van der Waals surface area contributed by atoms with Crippen LogP contribution < -0.4 is 0 Å². The Balaban J connectivity index is 2.34. The van der Waals surface area contributed by atoms with Gasteiger partial charge in [-0.05, 0) is 12.3 Å². The van der Waals surface area contributed by atoms with Crippen LogP contribution in [0.1, 0.15) is 13.3 Å².